The molecule has 0 aromatic carbocycles. The summed E-state index contributed by atoms with van der Waals surface area (Å²) in [6.45, 7) is 12.1. The second-order valence-electron chi connectivity index (χ2n) is 7.41. The predicted octanol–water partition coefficient (Wildman–Crippen LogP) is 3.48. The Hall–Kier alpha value is -0.433. The third-order valence-electron chi connectivity index (χ3n) is 4.54. The number of rotatable bonds is 7. The average Bonchev–Trinajstić information content (AvgIpc) is 2.44. The first-order chi connectivity index (χ1) is 10.2. The molecule has 0 aromatic heterocycles. The van der Waals surface area contributed by atoms with Gasteiger partial charge in [-0.25, -0.2) is 0 Å². The van der Waals surface area contributed by atoms with Crippen LogP contribution in [0, 0.1) is 0 Å². The Kier molecular flexibility index (Phi) is 7.51. The molecule has 0 N–H and O–H groups in total. The van der Waals surface area contributed by atoms with E-state index in [9.17, 15) is 4.79 Å². The van der Waals surface area contributed by atoms with Crippen molar-refractivity contribution in [1.29, 1.82) is 0 Å². The normalized spacial score (nSPS) is 21.5. The molecular weight excluding hydrogens is 300 g/mol. The lowest BCUT2D eigenvalue weighted by Gasteiger charge is -2.37. The van der Waals surface area contributed by atoms with Crippen molar-refractivity contribution in [2.24, 2.45) is 0 Å². The highest BCUT2D eigenvalue weighted by atomic mass is 28.4. The van der Waals surface area contributed by atoms with Crippen molar-refractivity contribution in [3.05, 3.63) is 0 Å². The van der Waals surface area contributed by atoms with Crippen LogP contribution in [0.5, 0.6) is 0 Å². The summed E-state index contributed by atoms with van der Waals surface area (Å²) in [7, 11) is -0.474. The van der Waals surface area contributed by atoms with Crippen LogP contribution in [0.3, 0.4) is 0 Å². The molecule has 2 unspecified atom stereocenters. The Balaban J connectivity index is 2.59. The molecule has 1 saturated heterocycles. The third kappa shape index (κ3) is 6.36. The topological polar surface area (TPSA) is 54.0 Å². The van der Waals surface area contributed by atoms with Gasteiger partial charge < -0.3 is 18.6 Å². The molecule has 22 heavy (non-hydrogen) atoms. The quantitative estimate of drug-likeness (QED) is 0.528. The van der Waals surface area contributed by atoms with Crippen molar-refractivity contribution in [3.8, 4) is 0 Å². The molecule has 2 atom stereocenters. The number of ether oxygens (including phenoxy) is 3. The maximum Gasteiger partial charge on any atom is 0.308 e. The van der Waals surface area contributed by atoms with Crippen molar-refractivity contribution in [2.45, 2.75) is 77.0 Å². The van der Waals surface area contributed by atoms with E-state index < -0.39 is 8.32 Å². The summed E-state index contributed by atoms with van der Waals surface area (Å²) in [5.74, 6) is -0.278. The minimum atomic E-state index is -1.87. The first kappa shape index (κ1) is 19.6. The third-order valence-corrected chi connectivity index (χ3v) is 9.04. The number of hydrogen-bond donors (Lipinski definition) is 0. The van der Waals surface area contributed by atoms with Gasteiger partial charge in [-0.2, -0.15) is 0 Å². The molecule has 0 aliphatic carbocycles. The van der Waals surface area contributed by atoms with Crippen molar-refractivity contribution in [2.75, 3.05) is 20.3 Å². The first-order valence-electron chi connectivity index (χ1n) is 8.13. The fourth-order valence-electron chi connectivity index (χ4n) is 1.97. The summed E-state index contributed by atoms with van der Waals surface area (Å²) in [6.07, 6.45) is 2.69. The molecule has 0 bridgehead atoms. The molecule has 1 aliphatic rings. The zero-order chi connectivity index (χ0) is 16.8. The molecule has 0 radical (unpaired) electrons. The van der Waals surface area contributed by atoms with Gasteiger partial charge in [-0.05, 0) is 37.4 Å². The van der Waals surface area contributed by atoms with Crippen molar-refractivity contribution in [3.63, 3.8) is 0 Å². The highest BCUT2D eigenvalue weighted by Crippen LogP contribution is 2.36. The van der Waals surface area contributed by atoms with Gasteiger partial charge in [-0.1, -0.05) is 20.8 Å². The Labute approximate surface area is 135 Å². The highest BCUT2D eigenvalue weighted by molar-refractivity contribution is 6.74. The summed E-state index contributed by atoms with van der Waals surface area (Å²) in [5, 5.41) is 0.129. The average molecular weight is 333 g/mol. The summed E-state index contributed by atoms with van der Waals surface area (Å²) in [6, 6.07) is 0. The van der Waals surface area contributed by atoms with Crippen LogP contribution in [0.25, 0.3) is 0 Å². The minimum absolute atomic E-state index is 0.129. The van der Waals surface area contributed by atoms with Gasteiger partial charge >= 0.3 is 5.97 Å². The Morgan fingerprint density at radius 3 is 2.50 bits per heavy atom. The Bertz CT molecular complexity index is 345. The monoisotopic (exact) mass is 332 g/mol. The van der Waals surface area contributed by atoms with Crippen LogP contribution in [0.4, 0.5) is 0 Å². The van der Waals surface area contributed by atoms with Gasteiger partial charge in [0.2, 0.25) is 0 Å². The fourth-order valence-corrected chi connectivity index (χ4v) is 3.00. The van der Waals surface area contributed by atoms with Crippen molar-refractivity contribution < 1.29 is 23.4 Å². The highest BCUT2D eigenvalue weighted by Gasteiger charge is 2.38. The van der Waals surface area contributed by atoms with Crippen LogP contribution in [0.2, 0.25) is 18.1 Å². The van der Waals surface area contributed by atoms with Gasteiger partial charge in [0.15, 0.2) is 14.6 Å². The van der Waals surface area contributed by atoms with E-state index in [1.807, 2.05) is 0 Å². The van der Waals surface area contributed by atoms with E-state index in [1.54, 1.807) is 0 Å². The predicted molar refractivity (Wildman–Crippen MR) is 88.2 cm³/mol. The summed E-state index contributed by atoms with van der Waals surface area (Å²) >= 11 is 0. The maximum atomic E-state index is 11.6. The van der Waals surface area contributed by atoms with E-state index in [1.165, 1.54) is 7.11 Å². The van der Waals surface area contributed by atoms with Gasteiger partial charge in [-0.15, -0.1) is 0 Å². The van der Waals surface area contributed by atoms with Gasteiger partial charge in [-0.3, -0.25) is 4.79 Å². The minimum Gasteiger partial charge on any atom is -0.469 e. The Morgan fingerprint density at radius 2 is 2.00 bits per heavy atom. The molecule has 130 valence electrons. The number of methoxy groups -OCH3 is 1. The molecule has 0 spiro atoms. The molecule has 6 heteroatoms. The van der Waals surface area contributed by atoms with E-state index in [2.05, 4.69) is 33.9 Å². The maximum absolute atomic E-state index is 11.6. The van der Waals surface area contributed by atoms with Gasteiger partial charge in [0.25, 0.3) is 0 Å². The van der Waals surface area contributed by atoms with E-state index in [4.69, 9.17) is 18.6 Å². The van der Waals surface area contributed by atoms with Crippen molar-refractivity contribution >= 4 is 14.3 Å². The van der Waals surface area contributed by atoms with Crippen LogP contribution in [-0.2, 0) is 23.4 Å². The molecule has 1 heterocycles. The lowest BCUT2D eigenvalue weighted by Crippen LogP contribution is -2.44. The first-order valence-corrected chi connectivity index (χ1v) is 11.0. The van der Waals surface area contributed by atoms with Crippen molar-refractivity contribution in [1.82, 2.24) is 0 Å². The molecule has 1 aliphatic heterocycles. The standard InChI is InChI=1S/C16H32O5Si/c1-16(2,3)22(5,6)20-12-13(11-14(17)18-4)21-15-9-7-8-10-19-15/h13,15H,7-12H2,1-6H3. The zero-order valence-corrected chi connectivity index (χ0v) is 15.9. The van der Waals surface area contributed by atoms with E-state index in [0.29, 0.717) is 6.61 Å². The number of carbonyl (C=O) groups excluding carboxylic acids is 1. The molecule has 1 rings (SSSR count). The molecule has 5 nitrogen and oxygen atoms in total. The van der Waals surface area contributed by atoms with Gasteiger partial charge in [0.1, 0.15) is 0 Å². The number of carbonyl (C=O) groups is 1. The zero-order valence-electron chi connectivity index (χ0n) is 14.9. The summed E-state index contributed by atoms with van der Waals surface area (Å²) < 4.78 is 22.5. The fraction of sp³-hybridized carbons (Fsp3) is 0.938. The second-order valence-corrected chi connectivity index (χ2v) is 12.2. The van der Waals surface area contributed by atoms with E-state index in [-0.39, 0.29) is 29.8 Å². The van der Waals surface area contributed by atoms with Crippen LogP contribution in [-0.4, -0.2) is 47.0 Å². The van der Waals surface area contributed by atoms with Crippen LogP contribution in [0.15, 0.2) is 0 Å². The van der Waals surface area contributed by atoms with E-state index >= 15 is 0 Å². The van der Waals surface area contributed by atoms with Gasteiger partial charge in [0, 0.05) is 6.61 Å². The van der Waals surface area contributed by atoms with Crippen LogP contribution in [0.1, 0.15) is 46.5 Å². The Morgan fingerprint density at radius 1 is 1.32 bits per heavy atom. The molecule has 1 fully saturated rings. The molecule has 0 amide bonds. The van der Waals surface area contributed by atoms with Crippen LogP contribution < -0.4 is 0 Å². The number of esters is 1. The summed E-state index contributed by atoms with van der Waals surface area (Å²) in [4.78, 5) is 11.6. The molecule has 0 aromatic rings. The van der Waals surface area contributed by atoms with E-state index in [0.717, 1.165) is 25.9 Å². The molecule has 0 saturated carbocycles. The molecular formula is C16H32O5Si. The largest absolute Gasteiger partial charge is 0.469 e. The second kappa shape index (κ2) is 8.43. The van der Waals surface area contributed by atoms with Gasteiger partial charge in [0.05, 0.1) is 26.2 Å². The lowest BCUT2D eigenvalue weighted by atomic mass is 10.2. The number of hydrogen-bond acceptors (Lipinski definition) is 5. The smallest absolute Gasteiger partial charge is 0.308 e. The van der Waals surface area contributed by atoms with Crippen LogP contribution >= 0.6 is 0 Å². The summed E-state index contributed by atoms with van der Waals surface area (Å²) in [5.41, 5.74) is 0. The SMILES string of the molecule is COC(=O)CC(CO[Si](C)(C)C(C)(C)C)OC1CCCCO1. The lowest BCUT2D eigenvalue weighted by molar-refractivity contribution is -0.197.